The van der Waals surface area contributed by atoms with Crippen molar-refractivity contribution in [2.45, 2.75) is 26.2 Å². The quantitative estimate of drug-likeness (QED) is 0.262. The molecule has 10 radical (unpaired) electrons. The first-order valence-electron chi connectivity index (χ1n) is 15.8. The van der Waals surface area contributed by atoms with Crippen LogP contribution in [0.2, 0.25) is 0 Å². The van der Waals surface area contributed by atoms with Crippen molar-refractivity contribution in [2.24, 2.45) is 0 Å². The molecule has 0 N–H and O–H groups in total. The van der Waals surface area contributed by atoms with Gasteiger partial charge in [0.1, 0.15) is 39.2 Å². The molecule has 0 saturated carbocycles. The molecular formula is C40H27B5N2. The third-order valence-electron chi connectivity index (χ3n) is 9.49. The summed E-state index contributed by atoms with van der Waals surface area (Å²) in [6, 6.07) is 38.4. The van der Waals surface area contributed by atoms with Crippen molar-refractivity contribution in [3.05, 3.63) is 115 Å². The molecule has 6 aromatic carbocycles. The lowest BCUT2D eigenvalue weighted by Gasteiger charge is -2.27. The number of hydrogen-bond acceptors (Lipinski definition) is 0. The Morgan fingerprint density at radius 3 is 1.55 bits per heavy atom. The van der Waals surface area contributed by atoms with Crippen LogP contribution in [0.15, 0.2) is 109 Å². The fourth-order valence-electron chi connectivity index (χ4n) is 7.47. The molecule has 2 heterocycles. The van der Waals surface area contributed by atoms with E-state index in [-0.39, 0.29) is 21.8 Å². The summed E-state index contributed by atoms with van der Waals surface area (Å²) in [7, 11) is 32.6. The molecule has 0 fully saturated rings. The minimum atomic E-state index is -0.291. The van der Waals surface area contributed by atoms with E-state index in [0.717, 1.165) is 49.8 Å². The van der Waals surface area contributed by atoms with Gasteiger partial charge in [0.15, 0.2) is 0 Å². The zero-order valence-electron chi connectivity index (χ0n) is 26.7. The van der Waals surface area contributed by atoms with Crippen LogP contribution in [0.4, 0.5) is 0 Å². The number of nitrogens with zero attached hydrogens (tertiary/aromatic N) is 2. The maximum atomic E-state index is 6.74. The Morgan fingerprint density at radius 1 is 0.447 bits per heavy atom. The molecule has 0 unspecified atom stereocenters. The molecule has 0 atom stereocenters. The normalized spacial score (nSPS) is 12.1. The van der Waals surface area contributed by atoms with Crippen LogP contribution in [0, 0.1) is 0 Å². The van der Waals surface area contributed by atoms with E-state index in [0.29, 0.717) is 16.5 Å². The van der Waals surface area contributed by atoms with Crippen molar-refractivity contribution in [3.8, 4) is 22.5 Å². The second-order valence-electron chi connectivity index (χ2n) is 13.3. The summed E-state index contributed by atoms with van der Waals surface area (Å²) >= 11 is 0. The van der Waals surface area contributed by atoms with Gasteiger partial charge in [0.2, 0.25) is 0 Å². The lowest BCUT2D eigenvalue weighted by Crippen LogP contribution is -2.55. The standard InChI is InChI=1S/C40H27B5N2/c1-40(2,3)34-30(47-26-17-9-7-14-23(26)24-15-8-10-18-27(24)47)21-20-29-33(34)31-25(32-35(41)37(43)39(45)38(44)36(32)42)16-11-19-28(31)46(29)22-12-5-4-6-13-22/h4-21H,1-3H3. The predicted octanol–water partition coefficient (Wildman–Crippen LogP) is 4.81. The lowest BCUT2D eigenvalue weighted by molar-refractivity contribution is 0.593. The Morgan fingerprint density at radius 2 is 0.957 bits per heavy atom. The molecule has 0 spiro atoms. The Hall–Kier alpha value is -4.76. The van der Waals surface area contributed by atoms with E-state index in [1.807, 2.05) is 18.2 Å². The van der Waals surface area contributed by atoms with Crippen LogP contribution in [0.1, 0.15) is 26.3 Å². The van der Waals surface area contributed by atoms with Crippen LogP contribution in [0.3, 0.4) is 0 Å². The molecule has 7 heteroatoms. The van der Waals surface area contributed by atoms with Gasteiger partial charge in [0.25, 0.3) is 0 Å². The molecular weight excluding hydrogens is 563 g/mol. The third-order valence-corrected chi connectivity index (χ3v) is 9.49. The SMILES string of the molecule is [B]c1c([B])c([B])c(-c2cccc3c2c2c(C(C)(C)C)c(-n4c5ccccc5c5ccccc54)ccc2n3-c2ccccc2)c([B])c1[B]. The minimum Gasteiger partial charge on any atom is -0.309 e. The van der Waals surface area contributed by atoms with E-state index < -0.39 is 0 Å². The van der Waals surface area contributed by atoms with Gasteiger partial charge in [-0.25, -0.2) is 0 Å². The first kappa shape index (κ1) is 29.6. The topological polar surface area (TPSA) is 9.86 Å². The van der Waals surface area contributed by atoms with E-state index in [9.17, 15) is 0 Å². The second-order valence-corrected chi connectivity index (χ2v) is 13.3. The number of rotatable bonds is 3. The Balaban J connectivity index is 1.63. The van der Waals surface area contributed by atoms with Crippen molar-refractivity contribution < 1.29 is 0 Å². The van der Waals surface area contributed by atoms with Gasteiger partial charge >= 0.3 is 0 Å². The smallest absolute Gasteiger partial charge is 0.113 e. The van der Waals surface area contributed by atoms with Gasteiger partial charge < -0.3 is 9.13 Å². The van der Waals surface area contributed by atoms with Crippen LogP contribution in [0.5, 0.6) is 0 Å². The highest BCUT2D eigenvalue weighted by atomic mass is 15.0. The fourth-order valence-corrected chi connectivity index (χ4v) is 7.47. The van der Waals surface area contributed by atoms with Crippen LogP contribution in [-0.2, 0) is 5.41 Å². The molecule has 0 aliphatic carbocycles. The van der Waals surface area contributed by atoms with Crippen molar-refractivity contribution >= 4 is 110 Å². The van der Waals surface area contributed by atoms with Gasteiger partial charge in [-0.1, -0.05) is 98.4 Å². The molecule has 0 amide bonds. The van der Waals surface area contributed by atoms with E-state index in [2.05, 4.69) is 121 Å². The average molecular weight is 590 g/mol. The Labute approximate surface area is 281 Å². The summed E-state index contributed by atoms with van der Waals surface area (Å²) in [4.78, 5) is 0. The maximum Gasteiger partial charge on any atom is 0.113 e. The summed E-state index contributed by atoms with van der Waals surface area (Å²) in [5, 5.41) is 4.55. The minimum absolute atomic E-state index is 0.201. The summed E-state index contributed by atoms with van der Waals surface area (Å²) in [6.07, 6.45) is 0. The molecule has 2 nitrogen and oxygen atoms in total. The van der Waals surface area contributed by atoms with Crippen molar-refractivity contribution in [2.75, 3.05) is 0 Å². The molecule has 8 rings (SSSR count). The van der Waals surface area contributed by atoms with E-state index in [4.69, 9.17) is 39.2 Å². The number of aromatic nitrogens is 2. The Kier molecular flexibility index (Phi) is 6.71. The molecule has 0 saturated heterocycles. The van der Waals surface area contributed by atoms with E-state index in [1.165, 1.54) is 16.3 Å². The molecule has 0 aliphatic rings. The highest BCUT2D eigenvalue weighted by molar-refractivity contribution is 6.69. The summed E-state index contributed by atoms with van der Waals surface area (Å²) in [5.74, 6) is 0. The van der Waals surface area contributed by atoms with Crippen LogP contribution >= 0.6 is 0 Å². The van der Waals surface area contributed by atoms with Gasteiger partial charge in [-0.15, -0.1) is 16.4 Å². The predicted molar refractivity (Wildman–Crippen MR) is 206 cm³/mol. The summed E-state index contributed by atoms with van der Waals surface area (Å²) < 4.78 is 4.72. The monoisotopic (exact) mass is 590 g/mol. The second kappa shape index (κ2) is 10.6. The Bertz CT molecular complexity index is 2470. The maximum absolute atomic E-state index is 6.74. The van der Waals surface area contributed by atoms with Crippen LogP contribution < -0.4 is 27.3 Å². The van der Waals surface area contributed by atoms with Gasteiger partial charge in [0.05, 0.1) is 27.8 Å². The molecule has 47 heavy (non-hydrogen) atoms. The van der Waals surface area contributed by atoms with Crippen molar-refractivity contribution in [3.63, 3.8) is 0 Å². The van der Waals surface area contributed by atoms with Gasteiger partial charge in [0, 0.05) is 27.2 Å². The van der Waals surface area contributed by atoms with Crippen molar-refractivity contribution in [1.82, 2.24) is 9.13 Å². The van der Waals surface area contributed by atoms with Gasteiger partial charge in [-0.2, -0.15) is 0 Å². The van der Waals surface area contributed by atoms with Crippen molar-refractivity contribution in [1.29, 1.82) is 0 Å². The largest absolute Gasteiger partial charge is 0.309 e. The van der Waals surface area contributed by atoms with Gasteiger partial charge in [-0.3, -0.25) is 0 Å². The van der Waals surface area contributed by atoms with E-state index >= 15 is 0 Å². The fraction of sp³-hybridized carbons (Fsp3) is 0.100. The number of fused-ring (bicyclic) bond motifs is 6. The first-order valence-corrected chi connectivity index (χ1v) is 15.8. The zero-order valence-corrected chi connectivity index (χ0v) is 26.7. The lowest BCUT2D eigenvalue weighted by atomic mass is 9.59. The number of hydrogen-bond donors (Lipinski definition) is 0. The van der Waals surface area contributed by atoms with Crippen LogP contribution in [0.25, 0.3) is 66.1 Å². The number of benzene rings is 6. The average Bonchev–Trinajstić information content (AvgIpc) is 3.59. The highest BCUT2D eigenvalue weighted by Crippen LogP contribution is 2.46. The van der Waals surface area contributed by atoms with Crippen LogP contribution in [-0.4, -0.2) is 48.4 Å². The highest BCUT2D eigenvalue weighted by Gasteiger charge is 2.29. The molecule has 8 aromatic rings. The molecule has 212 valence electrons. The third kappa shape index (κ3) is 4.25. The zero-order chi connectivity index (χ0) is 32.8. The first-order chi connectivity index (χ1) is 22.6. The number of para-hydroxylation sites is 3. The van der Waals surface area contributed by atoms with Gasteiger partial charge in [-0.05, 0) is 64.6 Å². The molecule has 0 aliphatic heterocycles. The van der Waals surface area contributed by atoms with E-state index in [1.54, 1.807) is 0 Å². The summed E-state index contributed by atoms with van der Waals surface area (Å²) in [5.41, 5.74) is 10.2. The molecule has 0 bridgehead atoms. The summed E-state index contributed by atoms with van der Waals surface area (Å²) in [6.45, 7) is 6.82. The molecule has 2 aromatic heterocycles.